The second-order valence-corrected chi connectivity index (χ2v) is 9.18. The van der Waals surface area contributed by atoms with Gasteiger partial charge in [0.15, 0.2) is 10.8 Å². The fourth-order valence-corrected chi connectivity index (χ4v) is 4.23. The third kappa shape index (κ3) is 10.4. The van der Waals surface area contributed by atoms with Crippen molar-refractivity contribution in [2.24, 2.45) is 4.99 Å². The molecule has 4 N–H and O–H groups in total. The van der Waals surface area contributed by atoms with Gasteiger partial charge in [-0.1, -0.05) is 19.1 Å². The molecule has 0 bridgehead atoms. The normalized spacial score (nSPS) is 14.4. The lowest BCUT2D eigenvalue weighted by Crippen LogP contribution is -2.47. The highest BCUT2D eigenvalue weighted by molar-refractivity contribution is 7.14. The highest BCUT2D eigenvalue weighted by Gasteiger charge is 2.26. The van der Waals surface area contributed by atoms with E-state index in [-0.39, 0.29) is 0 Å². The van der Waals surface area contributed by atoms with Crippen molar-refractivity contribution in [3.8, 4) is 10.8 Å². The molecule has 2 aliphatic rings. The lowest BCUT2D eigenvalue weighted by atomic mass is 10.2. The van der Waals surface area contributed by atoms with E-state index in [4.69, 9.17) is 30.2 Å². The molecule has 3 heterocycles. The molecular weight excluding hydrogens is 530 g/mol. The van der Waals surface area contributed by atoms with E-state index in [1.807, 2.05) is 24.3 Å². The van der Waals surface area contributed by atoms with E-state index in [9.17, 15) is 19.2 Å². The lowest BCUT2D eigenvalue weighted by Gasteiger charge is -2.34. The van der Waals surface area contributed by atoms with Gasteiger partial charge in [0, 0.05) is 55.4 Å². The fraction of sp³-hybridized carbons (Fsp3) is 0.269. The summed E-state index contributed by atoms with van der Waals surface area (Å²) in [6.45, 7) is 6.34. The molecule has 0 saturated carbocycles. The largest absolute Gasteiger partial charge is 0.478 e. The number of fused-ring (bicyclic) bond motifs is 2. The minimum absolute atomic E-state index is 0.558. The Hall–Kier alpha value is -4.49. The molecule has 1 aromatic carbocycles. The zero-order chi connectivity index (χ0) is 28.9. The number of ether oxygens (including phenoxy) is 1. The van der Waals surface area contributed by atoms with Gasteiger partial charge in [-0.3, -0.25) is 0 Å². The number of aliphatic imine (C=N–C) groups is 1. The molecule has 4 rings (SSSR count). The van der Waals surface area contributed by atoms with Crippen LogP contribution in [0.3, 0.4) is 0 Å². The van der Waals surface area contributed by atoms with Crippen molar-refractivity contribution in [1.82, 2.24) is 9.80 Å². The summed E-state index contributed by atoms with van der Waals surface area (Å²) >= 11 is 1.74. The topological polar surface area (TPSA) is 177 Å². The maximum absolute atomic E-state index is 9.55. The van der Waals surface area contributed by atoms with Gasteiger partial charge in [-0.25, -0.2) is 24.2 Å². The fourth-order valence-electron chi connectivity index (χ4n) is 3.28. The number of carboxylic acids is 4. The van der Waals surface area contributed by atoms with Crippen molar-refractivity contribution in [3.63, 3.8) is 0 Å². The molecule has 0 atom stereocenters. The van der Waals surface area contributed by atoms with E-state index in [0.717, 1.165) is 60.5 Å². The molecular formula is C26H29N3O9S. The third-order valence-electron chi connectivity index (χ3n) is 5.17. The molecule has 0 radical (unpaired) electrons. The summed E-state index contributed by atoms with van der Waals surface area (Å²) in [6.07, 6.45) is 3.26. The van der Waals surface area contributed by atoms with Gasteiger partial charge in [-0.15, -0.1) is 11.3 Å². The average molecular weight is 560 g/mol. The summed E-state index contributed by atoms with van der Waals surface area (Å²) in [4.78, 5) is 49.3. The van der Waals surface area contributed by atoms with Gasteiger partial charge in [0.1, 0.15) is 11.5 Å². The molecule has 0 unspecified atom stereocenters. The Kier molecular flexibility index (Phi) is 11.9. The van der Waals surface area contributed by atoms with E-state index in [1.54, 1.807) is 11.3 Å². The first-order valence-corrected chi connectivity index (χ1v) is 12.5. The molecule has 208 valence electrons. The van der Waals surface area contributed by atoms with Crippen LogP contribution in [-0.4, -0.2) is 93.2 Å². The number of amidine groups is 1. The Morgan fingerprint density at radius 2 is 1.41 bits per heavy atom. The first-order chi connectivity index (χ1) is 18.5. The van der Waals surface area contributed by atoms with Crippen molar-refractivity contribution in [1.29, 1.82) is 0 Å². The summed E-state index contributed by atoms with van der Waals surface area (Å²) in [6, 6.07) is 10.3. The van der Waals surface area contributed by atoms with Crippen molar-refractivity contribution in [2.75, 3.05) is 33.2 Å². The Balaban J connectivity index is 0.000000277. The van der Waals surface area contributed by atoms with Gasteiger partial charge in [0.25, 0.3) is 0 Å². The second-order valence-electron chi connectivity index (χ2n) is 8.08. The van der Waals surface area contributed by atoms with Gasteiger partial charge in [0.2, 0.25) is 0 Å². The highest BCUT2D eigenvalue weighted by atomic mass is 32.1. The third-order valence-corrected chi connectivity index (χ3v) is 6.33. The maximum Gasteiger partial charge on any atom is 0.328 e. The minimum Gasteiger partial charge on any atom is -0.478 e. The number of likely N-dealkylation sites (N-methyl/N-ethyl adjacent to an activating group) is 1. The predicted molar refractivity (Wildman–Crippen MR) is 144 cm³/mol. The van der Waals surface area contributed by atoms with Gasteiger partial charge >= 0.3 is 23.9 Å². The van der Waals surface area contributed by atoms with E-state index < -0.39 is 23.9 Å². The van der Waals surface area contributed by atoms with Crippen LogP contribution in [0.4, 0.5) is 5.69 Å². The summed E-state index contributed by atoms with van der Waals surface area (Å²) < 4.78 is 6.19. The van der Waals surface area contributed by atoms with Crippen LogP contribution in [0.25, 0.3) is 0 Å². The Labute approximate surface area is 228 Å². The van der Waals surface area contributed by atoms with Crippen LogP contribution in [0.2, 0.25) is 0 Å². The zero-order valence-electron chi connectivity index (χ0n) is 21.3. The second kappa shape index (κ2) is 15.1. The number of para-hydroxylation sites is 2. The van der Waals surface area contributed by atoms with Crippen molar-refractivity contribution >= 4 is 46.7 Å². The number of thiophene rings is 1. The number of hydrogen-bond donors (Lipinski definition) is 4. The van der Waals surface area contributed by atoms with E-state index >= 15 is 0 Å². The summed E-state index contributed by atoms with van der Waals surface area (Å²) in [7, 11) is 2.18. The van der Waals surface area contributed by atoms with Crippen LogP contribution in [0.15, 0.2) is 59.6 Å². The molecule has 2 aromatic rings. The smallest absolute Gasteiger partial charge is 0.328 e. The number of carboxylic acid groups (broad SMARTS) is 4. The number of carbonyl (C=O) groups is 4. The molecule has 1 saturated heterocycles. The van der Waals surface area contributed by atoms with Crippen LogP contribution in [0, 0.1) is 0 Å². The molecule has 1 aromatic heterocycles. The van der Waals surface area contributed by atoms with Crippen LogP contribution >= 0.6 is 11.3 Å². The Morgan fingerprint density at radius 1 is 0.897 bits per heavy atom. The number of aryl methyl sites for hydroxylation is 1. The maximum atomic E-state index is 9.55. The molecule has 39 heavy (non-hydrogen) atoms. The molecule has 2 aliphatic heterocycles. The molecule has 1 fully saturated rings. The lowest BCUT2D eigenvalue weighted by molar-refractivity contribution is -0.134. The van der Waals surface area contributed by atoms with E-state index in [1.165, 1.54) is 4.88 Å². The first kappa shape index (κ1) is 30.7. The Morgan fingerprint density at radius 3 is 1.90 bits per heavy atom. The van der Waals surface area contributed by atoms with Crippen molar-refractivity contribution in [3.05, 3.63) is 65.1 Å². The van der Waals surface area contributed by atoms with E-state index in [2.05, 4.69) is 29.8 Å². The SMILES string of the molecule is CCc1cc2c(s1)Oc1ccccc1N=C2N1CCN(C)CC1.O=C(O)/C=C\C(=O)O.O=C(O)/C=C\C(=O)O. The highest BCUT2D eigenvalue weighted by Crippen LogP contribution is 2.42. The van der Waals surface area contributed by atoms with Gasteiger partial charge in [0.05, 0.1) is 5.56 Å². The number of aliphatic carboxylic acids is 4. The molecule has 13 heteroatoms. The quantitative estimate of drug-likeness (QED) is 0.396. The molecule has 0 aliphatic carbocycles. The van der Waals surface area contributed by atoms with Crippen LogP contribution in [-0.2, 0) is 25.6 Å². The monoisotopic (exact) mass is 559 g/mol. The predicted octanol–water partition coefficient (Wildman–Crippen LogP) is 3.17. The number of rotatable bonds is 5. The minimum atomic E-state index is -1.26. The number of nitrogens with zero attached hydrogens (tertiary/aromatic N) is 3. The van der Waals surface area contributed by atoms with Gasteiger partial charge in [-0.2, -0.15) is 0 Å². The summed E-state index contributed by atoms with van der Waals surface area (Å²) in [5, 5.41) is 32.2. The van der Waals surface area contributed by atoms with E-state index in [0.29, 0.717) is 24.3 Å². The van der Waals surface area contributed by atoms with Gasteiger partial charge < -0.3 is 35.0 Å². The van der Waals surface area contributed by atoms with Crippen molar-refractivity contribution < 1.29 is 44.3 Å². The average Bonchev–Trinajstić information content (AvgIpc) is 3.23. The number of piperazine rings is 1. The zero-order valence-corrected chi connectivity index (χ0v) is 22.1. The van der Waals surface area contributed by atoms with Crippen LogP contribution < -0.4 is 4.74 Å². The molecule has 0 amide bonds. The summed E-state index contributed by atoms with van der Waals surface area (Å²) in [5.41, 5.74) is 2.07. The first-order valence-electron chi connectivity index (χ1n) is 11.7. The standard InChI is InChI=1S/C18H21N3OS.2C4H4O4/c1-3-13-12-14-17(21-10-8-20(2)9-11-21)19-15-6-4-5-7-16(15)22-18(14)23-13;2*5-3(6)1-2-4(7)8/h4-7,12H,3,8-11H2,1-2H3;2*1-2H,(H,5,6)(H,7,8)/b;2*2-1-. The van der Waals surface area contributed by atoms with Crippen molar-refractivity contribution in [2.45, 2.75) is 13.3 Å². The van der Waals surface area contributed by atoms with Crippen LogP contribution in [0.5, 0.6) is 10.8 Å². The Bertz CT molecular complexity index is 1210. The van der Waals surface area contributed by atoms with Crippen LogP contribution in [0.1, 0.15) is 17.4 Å². The van der Waals surface area contributed by atoms with Gasteiger partial charge in [-0.05, 0) is 31.7 Å². The number of benzene rings is 1. The number of hydrogen-bond acceptors (Lipinski definition) is 9. The molecule has 0 spiro atoms. The summed E-state index contributed by atoms with van der Waals surface area (Å²) in [5.74, 6) is -3.11. The molecule has 12 nitrogen and oxygen atoms in total.